The molecule has 11 heteroatoms. The maximum atomic E-state index is 11.3. The van der Waals surface area contributed by atoms with Gasteiger partial charge in [-0.3, -0.25) is 15.1 Å². The fourth-order valence-electron chi connectivity index (χ4n) is 2.01. The molecule has 0 saturated heterocycles. The number of nitro groups is 1. The fraction of sp³-hybridized carbons (Fsp3) is 0. The normalized spacial score (nSPS) is 9.70. The first kappa shape index (κ1) is 23.3. The van der Waals surface area contributed by atoms with Gasteiger partial charge < -0.3 is 15.3 Å². The minimum atomic E-state index is -1.17. The van der Waals surface area contributed by atoms with Crippen LogP contribution < -0.4 is 10.2 Å². The number of pyridine rings is 1. The van der Waals surface area contributed by atoms with Gasteiger partial charge in [0, 0.05) is 19.4 Å². The average Bonchev–Trinajstić information content (AvgIpc) is 2.58. The molecule has 3 aromatic rings. The molecule has 1 N–H and O–H groups in total. The summed E-state index contributed by atoms with van der Waals surface area (Å²) in [5.74, 6) is -1.88. The number of hydrogen-bond acceptors (Lipinski definition) is 6. The zero-order chi connectivity index (χ0) is 19.4. The summed E-state index contributed by atoms with van der Waals surface area (Å²) in [4.78, 5) is 24.4. The summed E-state index contributed by atoms with van der Waals surface area (Å²) in [6.07, 6.45) is 1.44. The van der Waals surface area contributed by atoms with Gasteiger partial charge in [0.1, 0.15) is 0 Å². The molecule has 0 amide bonds. The number of carboxylic acids is 1. The van der Waals surface area contributed by atoms with Gasteiger partial charge in [-0.2, -0.15) is 0 Å². The number of aromatic nitrogens is 1. The van der Waals surface area contributed by atoms with Crippen molar-refractivity contribution >= 4 is 67.7 Å². The second-order valence-corrected chi connectivity index (χ2v) is 7.22. The number of nitro benzene ring substituents is 1. The quantitative estimate of drug-likeness (QED) is 0.197. The second kappa shape index (κ2) is 10.0. The first-order valence-corrected chi connectivity index (χ1v) is 8.96. The van der Waals surface area contributed by atoms with E-state index in [0.29, 0.717) is 3.57 Å². The van der Waals surface area contributed by atoms with Gasteiger partial charge in [0.25, 0.3) is 5.69 Å². The molecule has 1 heterocycles. The van der Waals surface area contributed by atoms with E-state index in [1.54, 1.807) is 12.1 Å². The van der Waals surface area contributed by atoms with Crippen LogP contribution in [-0.2, 0) is 17.1 Å². The zero-order valence-electron chi connectivity index (χ0n) is 13.0. The molecule has 1 aromatic heterocycles. The van der Waals surface area contributed by atoms with Crippen molar-refractivity contribution in [3.05, 3.63) is 65.4 Å². The summed E-state index contributed by atoms with van der Waals surface area (Å²) < 4.78 is 1.20. The Hall–Kier alpha value is -1.70. The van der Waals surface area contributed by atoms with Crippen molar-refractivity contribution in [3.8, 4) is 11.5 Å². The first-order chi connectivity index (χ1) is 12.2. The molecule has 0 aliphatic carbocycles. The molecule has 0 bridgehead atoms. The van der Waals surface area contributed by atoms with Crippen LogP contribution in [0.25, 0.3) is 10.9 Å². The monoisotopic (exact) mass is 641 g/mol. The Morgan fingerprint density at radius 3 is 2.41 bits per heavy atom. The molecule has 0 atom stereocenters. The molecule has 8 nitrogen and oxygen atoms in total. The van der Waals surface area contributed by atoms with Gasteiger partial charge in [0.15, 0.2) is 0 Å². The van der Waals surface area contributed by atoms with Crippen molar-refractivity contribution in [1.29, 1.82) is 0 Å². The number of nitrogens with zero attached hydrogens (tertiary/aromatic N) is 2. The molecule has 0 fully saturated rings. The van der Waals surface area contributed by atoms with Gasteiger partial charge >= 0.3 is 23.0 Å². The first-order valence-electron chi connectivity index (χ1n) is 6.81. The van der Waals surface area contributed by atoms with Gasteiger partial charge in [-0.15, -0.1) is 0 Å². The molecule has 1 radical (unpaired) electrons. The number of non-ortho nitro benzene ring substituents is 1. The van der Waals surface area contributed by atoms with Crippen LogP contribution >= 0.6 is 45.2 Å². The second-order valence-electron chi connectivity index (χ2n) is 4.81. The standard InChI is InChI=1S/C9H6N2O3.C7H4I2O3.Cu/c12-8-4-3-7(11(13)14)6-2-1-5-10-9(6)8;8-3-1-4(7(11)12)6(10)5(9)2-3;/h1-5,12H;1-2,10H,(H,11,12);/q;;+2/p-2. The summed E-state index contributed by atoms with van der Waals surface area (Å²) in [6.45, 7) is 0. The molecule has 27 heavy (non-hydrogen) atoms. The van der Waals surface area contributed by atoms with Crippen LogP contribution in [0.2, 0.25) is 0 Å². The topological polar surface area (TPSA) is 139 Å². The molecule has 0 saturated carbocycles. The van der Waals surface area contributed by atoms with E-state index in [4.69, 9.17) is 5.11 Å². The summed E-state index contributed by atoms with van der Waals surface area (Å²) in [5.41, 5.74) is -0.110. The van der Waals surface area contributed by atoms with Gasteiger partial charge in [-0.25, -0.2) is 4.79 Å². The van der Waals surface area contributed by atoms with Crippen molar-refractivity contribution in [3.63, 3.8) is 0 Å². The predicted octanol–water partition coefficient (Wildman–Crippen LogP) is 2.88. The van der Waals surface area contributed by atoms with Crippen molar-refractivity contribution in [2.75, 3.05) is 0 Å². The summed E-state index contributed by atoms with van der Waals surface area (Å²) in [6, 6.07) is 8.46. The summed E-state index contributed by atoms with van der Waals surface area (Å²) in [7, 11) is 0. The van der Waals surface area contributed by atoms with E-state index in [0.717, 1.165) is 9.64 Å². The molecule has 0 spiro atoms. The summed E-state index contributed by atoms with van der Waals surface area (Å²) >= 11 is 3.80. The SMILES string of the molecule is O=C(O)c1cc(I)cc(I)c1[O-].O=[N+]([O-])c1ccc([O-])c2ncccc12.[Cu+2]. The van der Waals surface area contributed by atoms with Crippen LogP contribution in [0.5, 0.6) is 11.5 Å². The third-order valence-electron chi connectivity index (χ3n) is 3.15. The van der Waals surface area contributed by atoms with Crippen molar-refractivity contribution < 1.29 is 42.1 Å². The zero-order valence-corrected chi connectivity index (χ0v) is 18.2. The van der Waals surface area contributed by atoms with Gasteiger partial charge in [-0.1, -0.05) is 17.6 Å². The van der Waals surface area contributed by atoms with Gasteiger partial charge in [0.05, 0.1) is 21.4 Å². The number of benzene rings is 2. The van der Waals surface area contributed by atoms with Crippen LogP contribution in [0.1, 0.15) is 10.4 Å². The van der Waals surface area contributed by atoms with E-state index >= 15 is 0 Å². The van der Waals surface area contributed by atoms with E-state index in [-0.39, 0.29) is 45.0 Å². The van der Waals surface area contributed by atoms with E-state index in [9.17, 15) is 25.1 Å². The maximum absolute atomic E-state index is 11.3. The van der Waals surface area contributed by atoms with E-state index in [2.05, 4.69) is 4.98 Å². The van der Waals surface area contributed by atoms with Crippen molar-refractivity contribution in [1.82, 2.24) is 4.98 Å². The Bertz CT molecular complexity index is 1020. The minimum absolute atomic E-state index is 0. The van der Waals surface area contributed by atoms with Crippen LogP contribution in [0.3, 0.4) is 0 Å². The number of fused-ring (bicyclic) bond motifs is 1. The Labute approximate surface area is 190 Å². The number of hydrogen-bond donors (Lipinski definition) is 1. The molecule has 0 aliphatic heterocycles. The molecule has 2 aromatic carbocycles. The Morgan fingerprint density at radius 2 is 1.81 bits per heavy atom. The molecule has 143 valence electrons. The van der Waals surface area contributed by atoms with Crippen LogP contribution in [0, 0.1) is 17.3 Å². The summed E-state index contributed by atoms with van der Waals surface area (Å²) in [5, 5.41) is 41.9. The van der Waals surface area contributed by atoms with Crippen molar-refractivity contribution in [2.24, 2.45) is 0 Å². The third-order valence-corrected chi connectivity index (χ3v) is 4.57. The van der Waals surface area contributed by atoms with Crippen molar-refractivity contribution in [2.45, 2.75) is 0 Å². The molecule has 3 rings (SSSR count). The van der Waals surface area contributed by atoms with E-state index in [1.807, 2.05) is 45.2 Å². The maximum Gasteiger partial charge on any atom is 2.00 e. The van der Waals surface area contributed by atoms with Crippen LogP contribution in [-0.4, -0.2) is 21.0 Å². The number of halogens is 2. The number of carbonyl (C=O) groups is 1. The third kappa shape index (κ3) is 5.64. The number of carboxylic acid groups (broad SMARTS) is 1. The smallest absolute Gasteiger partial charge is 0.871 e. The minimum Gasteiger partial charge on any atom is -0.871 e. The van der Waals surface area contributed by atoms with Gasteiger partial charge in [-0.05, 0) is 69.4 Å². The Balaban J connectivity index is 0.000000264. The van der Waals surface area contributed by atoms with E-state index < -0.39 is 16.6 Å². The predicted molar refractivity (Wildman–Crippen MR) is 106 cm³/mol. The average molecular weight is 642 g/mol. The Kier molecular flexibility index (Phi) is 8.65. The number of aromatic carboxylic acids is 1. The molecular weight excluding hydrogens is 634 g/mol. The van der Waals surface area contributed by atoms with E-state index in [1.165, 1.54) is 24.4 Å². The Morgan fingerprint density at radius 1 is 1.15 bits per heavy atom. The number of rotatable bonds is 2. The fourth-order valence-corrected chi connectivity index (χ4v) is 3.85. The molecular formula is C16H8CuI2N2O6. The van der Waals surface area contributed by atoms with Crippen LogP contribution in [0.4, 0.5) is 5.69 Å². The molecule has 0 aliphatic rings. The van der Waals surface area contributed by atoms with Gasteiger partial charge in [0.2, 0.25) is 0 Å². The largest absolute Gasteiger partial charge is 2.00 e. The van der Waals surface area contributed by atoms with Crippen LogP contribution in [0.15, 0.2) is 42.6 Å². The molecule has 0 unspecified atom stereocenters.